The Morgan fingerprint density at radius 1 is 1.36 bits per heavy atom. The molecule has 4 nitrogen and oxygen atoms in total. The zero-order valence-corrected chi connectivity index (χ0v) is 6.23. The molecule has 64 valence electrons. The number of aliphatic hydroxyl groups excluding tert-OH is 2. The van der Waals surface area contributed by atoms with E-state index < -0.39 is 24.0 Å². The summed E-state index contributed by atoms with van der Waals surface area (Å²) in [6, 6.07) is 0. The van der Waals surface area contributed by atoms with Crippen molar-refractivity contribution < 1.29 is 15.0 Å². The number of carbonyl (C=O) groups is 1. The summed E-state index contributed by atoms with van der Waals surface area (Å²) < 4.78 is 0. The van der Waals surface area contributed by atoms with Crippen LogP contribution in [0.25, 0.3) is 0 Å². The van der Waals surface area contributed by atoms with E-state index in [1.807, 2.05) is 0 Å². The highest BCUT2D eigenvalue weighted by molar-refractivity contribution is 5.77. The van der Waals surface area contributed by atoms with Crippen molar-refractivity contribution in [3.8, 4) is 0 Å². The number of hydrogen-bond acceptors (Lipinski definition) is 3. The molecule has 0 radical (unpaired) electrons. The number of carbonyl (C=O) groups excluding carboxylic acids is 1. The van der Waals surface area contributed by atoms with Gasteiger partial charge in [-0.2, -0.15) is 0 Å². The Kier molecular flexibility index (Phi) is 2.46. The third-order valence-corrected chi connectivity index (χ3v) is 2.15. The maximum atomic E-state index is 10.7. The van der Waals surface area contributed by atoms with Crippen molar-refractivity contribution in [2.75, 3.05) is 0 Å². The molecule has 1 aliphatic carbocycles. The summed E-state index contributed by atoms with van der Waals surface area (Å²) in [5.41, 5.74) is 5.01. The number of nitrogens with two attached hydrogens (primary N) is 1. The lowest BCUT2D eigenvalue weighted by Crippen LogP contribution is -2.40. The molecule has 0 spiro atoms. The van der Waals surface area contributed by atoms with Gasteiger partial charge in [0.2, 0.25) is 5.91 Å². The first-order valence-corrected chi connectivity index (χ1v) is 3.76. The third-order valence-electron chi connectivity index (χ3n) is 2.15. The molecule has 0 saturated heterocycles. The molecule has 0 aromatic heterocycles. The molecular formula is C7H13NO3. The molecule has 0 heterocycles. The molecular weight excluding hydrogens is 146 g/mol. The Labute approximate surface area is 65.0 Å². The molecule has 1 rings (SSSR count). The van der Waals surface area contributed by atoms with Gasteiger partial charge in [0, 0.05) is 0 Å². The van der Waals surface area contributed by atoms with Crippen molar-refractivity contribution in [2.24, 2.45) is 11.7 Å². The van der Waals surface area contributed by atoms with Crippen molar-refractivity contribution in [3.63, 3.8) is 0 Å². The van der Waals surface area contributed by atoms with Crippen LogP contribution >= 0.6 is 0 Å². The monoisotopic (exact) mass is 159 g/mol. The Bertz CT molecular complexity index is 160. The van der Waals surface area contributed by atoms with Crippen LogP contribution in [0.2, 0.25) is 0 Å². The molecule has 1 aliphatic rings. The van der Waals surface area contributed by atoms with Gasteiger partial charge in [-0.15, -0.1) is 0 Å². The fourth-order valence-electron chi connectivity index (χ4n) is 1.44. The van der Waals surface area contributed by atoms with Crippen molar-refractivity contribution in [1.29, 1.82) is 0 Å². The van der Waals surface area contributed by atoms with E-state index in [1.54, 1.807) is 0 Å². The minimum Gasteiger partial charge on any atom is -0.393 e. The number of amides is 1. The minimum atomic E-state index is -0.657. The van der Waals surface area contributed by atoms with Gasteiger partial charge in [-0.3, -0.25) is 4.79 Å². The van der Waals surface area contributed by atoms with Gasteiger partial charge in [-0.1, -0.05) is 0 Å². The number of aliphatic hydroxyl groups is 2. The van der Waals surface area contributed by atoms with Crippen LogP contribution in [0, 0.1) is 5.92 Å². The molecule has 1 amide bonds. The van der Waals surface area contributed by atoms with Crippen LogP contribution in [-0.4, -0.2) is 28.3 Å². The molecule has 11 heavy (non-hydrogen) atoms. The quantitative estimate of drug-likeness (QED) is 0.458. The Balaban J connectivity index is 2.54. The van der Waals surface area contributed by atoms with Crippen LogP contribution in [0.4, 0.5) is 0 Å². The first kappa shape index (κ1) is 8.49. The van der Waals surface area contributed by atoms with Crippen LogP contribution in [0.3, 0.4) is 0 Å². The summed E-state index contributed by atoms with van der Waals surface area (Å²) in [5, 5.41) is 18.4. The molecule has 1 saturated carbocycles. The smallest absolute Gasteiger partial charge is 0.223 e. The van der Waals surface area contributed by atoms with Crippen LogP contribution in [0.15, 0.2) is 0 Å². The van der Waals surface area contributed by atoms with E-state index in [0.29, 0.717) is 19.3 Å². The van der Waals surface area contributed by atoms with Gasteiger partial charge in [0.25, 0.3) is 0 Å². The molecule has 1 fully saturated rings. The second-order valence-corrected chi connectivity index (χ2v) is 3.04. The topological polar surface area (TPSA) is 83.6 Å². The molecule has 4 heteroatoms. The van der Waals surface area contributed by atoms with Crippen molar-refractivity contribution in [2.45, 2.75) is 31.5 Å². The third kappa shape index (κ3) is 1.91. The number of primary amides is 1. The van der Waals surface area contributed by atoms with Crippen molar-refractivity contribution in [3.05, 3.63) is 0 Å². The lowest BCUT2D eigenvalue weighted by atomic mass is 9.84. The molecule has 0 bridgehead atoms. The van der Waals surface area contributed by atoms with Gasteiger partial charge in [0.05, 0.1) is 18.1 Å². The first-order chi connectivity index (χ1) is 5.11. The zero-order valence-electron chi connectivity index (χ0n) is 6.23. The summed E-state index contributed by atoms with van der Waals surface area (Å²) in [5.74, 6) is -1.07. The number of rotatable bonds is 1. The van der Waals surface area contributed by atoms with Crippen LogP contribution < -0.4 is 5.73 Å². The second-order valence-electron chi connectivity index (χ2n) is 3.04. The lowest BCUT2D eigenvalue weighted by molar-refractivity contribution is -0.129. The molecule has 4 N–H and O–H groups in total. The molecule has 3 atom stereocenters. The average Bonchev–Trinajstić information content (AvgIpc) is 1.94. The highest BCUT2D eigenvalue weighted by Gasteiger charge is 2.31. The standard InChI is InChI=1S/C7H13NO3/c8-7(11)5-3-4(9)1-2-6(5)10/h4-6,9-10H,1-3H2,(H2,8,11). The van der Waals surface area contributed by atoms with Gasteiger partial charge < -0.3 is 15.9 Å². The highest BCUT2D eigenvalue weighted by atomic mass is 16.3. The predicted octanol–water partition coefficient (Wildman–Crippen LogP) is -1.01. The molecule has 0 aromatic carbocycles. The van der Waals surface area contributed by atoms with Gasteiger partial charge in [0.1, 0.15) is 0 Å². The molecule has 0 aliphatic heterocycles. The van der Waals surface area contributed by atoms with E-state index in [4.69, 9.17) is 10.8 Å². The van der Waals surface area contributed by atoms with E-state index >= 15 is 0 Å². The summed E-state index contributed by atoms with van der Waals surface area (Å²) in [6.45, 7) is 0. The molecule has 0 aromatic rings. The van der Waals surface area contributed by atoms with Gasteiger partial charge in [0.15, 0.2) is 0 Å². The zero-order chi connectivity index (χ0) is 8.43. The lowest BCUT2D eigenvalue weighted by Gasteiger charge is -2.28. The van der Waals surface area contributed by atoms with Crippen LogP contribution in [-0.2, 0) is 4.79 Å². The van der Waals surface area contributed by atoms with E-state index in [9.17, 15) is 9.90 Å². The minimum absolute atomic E-state index is 0.302. The fourth-order valence-corrected chi connectivity index (χ4v) is 1.44. The van der Waals surface area contributed by atoms with E-state index in [0.717, 1.165) is 0 Å². The summed E-state index contributed by atoms with van der Waals surface area (Å²) >= 11 is 0. The van der Waals surface area contributed by atoms with Crippen LogP contribution in [0.5, 0.6) is 0 Å². The second kappa shape index (κ2) is 3.19. The van der Waals surface area contributed by atoms with E-state index in [1.165, 1.54) is 0 Å². The summed E-state index contributed by atoms with van der Waals surface area (Å²) in [6.07, 6.45) is 0.197. The van der Waals surface area contributed by atoms with Crippen molar-refractivity contribution >= 4 is 5.91 Å². The van der Waals surface area contributed by atoms with Crippen molar-refractivity contribution in [1.82, 2.24) is 0 Å². The average molecular weight is 159 g/mol. The first-order valence-electron chi connectivity index (χ1n) is 3.76. The highest BCUT2D eigenvalue weighted by Crippen LogP contribution is 2.24. The van der Waals surface area contributed by atoms with Gasteiger partial charge >= 0.3 is 0 Å². The SMILES string of the molecule is NC(=O)C1CC(O)CCC1O. The molecule has 3 unspecified atom stereocenters. The van der Waals surface area contributed by atoms with E-state index in [-0.39, 0.29) is 0 Å². The summed E-state index contributed by atoms with van der Waals surface area (Å²) in [4.78, 5) is 10.7. The maximum absolute atomic E-state index is 10.7. The van der Waals surface area contributed by atoms with E-state index in [2.05, 4.69) is 0 Å². The normalized spacial score (nSPS) is 38.5. The van der Waals surface area contributed by atoms with Gasteiger partial charge in [-0.25, -0.2) is 0 Å². The summed E-state index contributed by atoms with van der Waals surface area (Å²) in [7, 11) is 0. The Hall–Kier alpha value is -0.610. The Morgan fingerprint density at radius 2 is 2.00 bits per heavy atom. The largest absolute Gasteiger partial charge is 0.393 e. The van der Waals surface area contributed by atoms with Crippen LogP contribution in [0.1, 0.15) is 19.3 Å². The van der Waals surface area contributed by atoms with Gasteiger partial charge in [-0.05, 0) is 19.3 Å². The predicted molar refractivity (Wildman–Crippen MR) is 38.5 cm³/mol. The number of hydrogen-bond donors (Lipinski definition) is 3. The fraction of sp³-hybridized carbons (Fsp3) is 0.857. The Morgan fingerprint density at radius 3 is 2.45 bits per heavy atom. The maximum Gasteiger partial charge on any atom is 0.223 e.